The van der Waals surface area contributed by atoms with Gasteiger partial charge in [0.25, 0.3) is 11.8 Å². The minimum atomic E-state index is -0.732. The Bertz CT molecular complexity index is 2140. The number of aromatic nitrogens is 1. The zero-order valence-electron chi connectivity index (χ0n) is 31.6. The molecule has 11 nitrogen and oxygen atoms in total. The van der Waals surface area contributed by atoms with Gasteiger partial charge < -0.3 is 30.2 Å². The number of hydrogen-bond acceptors (Lipinski definition) is 9. The van der Waals surface area contributed by atoms with E-state index < -0.39 is 23.6 Å². The molecule has 3 N–H and O–H groups in total. The molecular weight excluding hydrogens is 705 g/mol. The molecule has 2 aliphatic carbocycles. The van der Waals surface area contributed by atoms with Gasteiger partial charge in [0.2, 0.25) is 0 Å². The number of ether oxygens (including phenoxy) is 3. The van der Waals surface area contributed by atoms with Crippen molar-refractivity contribution in [2.75, 3.05) is 19.0 Å². The van der Waals surface area contributed by atoms with Gasteiger partial charge in [-0.25, -0.2) is 14.6 Å². The lowest BCUT2D eigenvalue weighted by atomic mass is 9.92. The van der Waals surface area contributed by atoms with Crippen LogP contribution < -0.4 is 20.7 Å². The highest BCUT2D eigenvalue weighted by Crippen LogP contribution is 2.48. The number of anilines is 1. The minimum Gasteiger partial charge on any atom is -0.493 e. The summed E-state index contributed by atoms with van der Waals surface area (Å²) < 4.78 is 16.8. The first-order valence-electron chi connectivity index (χ1n) is 18.4. The summed E-state index contributed by atoms with van der Waals surface area (Å²) in [5.74, 6) is -0.258. The number of rotatable bonds is 8. The third-order valence-corrected chi connectivity index (χ3v) is 11.6. The lowest BCUT2D eigenvalue weighted by Crippen LogP contribution is -2.45. The molecule has 2 bridgehead atoms. The highest BCUT2D eigenvalue weighted by atomic mass is 32.1. The quantitative estimate of drug-likeness (QED) is 0.153. The second-order valence-corrected chi connectivity index (χ2v) is 16.6. The normalized spacial score (nSPS) is 18.4. The number of alkyl carbamates (subject to hydrolysis) is 1. The van der Waals surface area contributed by atoms with Crippen LogP contribution in [0.25, 0.3) is 21.6 Å². The van der Waals surface area contributed by atoms with E-state index in [1.165, 1.54) is 7.11 Å². The van der Waals surface area contributed by atoms with Gasteiger partial charge in [-0.15, -0.1) is 11.3 Å². The number of carbonyl (C=O) groups excluding carboxylic acids is 4. The van der Waals surface area contributed by atoms with Gasteiger partial charge in [0, 0.05) is 51.3 Å². The number of benzene rings is 2. The molecule has 0 radical (unpaired) electrons. The van der Waals surface area contributed by atoms with Gasteiger partial charge in [0.1, 0.15) is 17.0 Å². The topological polar surface area (TPSA) is 145 Å². The maximum absolute atomic E-state index is 14.5. The van der Waals surface area contributed by atoms with Crippen LogP contribution in [0.15, 0.2) is 47.8 Å². The highest BCUT2D eigenvalue weighted by Gasteiger charge is 2.46. The third kappa shape index (κ3) is 7.57. The molecule has 3 heterocycles. The fourth-order valence-electron chi connectivity index (χ4n) is 8.08. The van der Waals surface area contributed by atoms with Gasteiger partial charge in [0.05, 0.1) is 13.7 Å². The molecule has 7 rings (SSSR count). The van der Waals surface area contributed by atoms with Crippen LogP contribution in [0, 0.1) is 19.8 Å². The number of hydrogen-bond donors (Lipinski definition) is 3. The lowest BCUT2D eigenvalue weighted by Gasteiger charge is -2.27. The van der Waals surface area contributed by atoms with Crippen molar-refractivity contribution in [2.24, 2.45) is 5.92 Å². The van der Waals surface area contributed by atoms with Crippen molar-refractivity contribution in [1.29, 1.82) is 0 Å². The maximum atomic E-state index is 14.5. The monoisotopic (exact) mass is 750 g/mol. The van der Waals surface area contributed by atoms with Crippen LogP contribution in [0.4, 0.5) is 10.5 Å². The second kappa shape index (κ2) is 14.5. The van der Waals surface area contributed by atoms with Crippen molar-refractivity contribution in [3.63, 3.8) is 0 Å². The Balaban J connectivity index is 1.25. The first-order chi connectivity index (χ1) is 25.7. The van der Waals surface area contributed by atoms with Crippen LogP contribution in [0.1, 0.15) is 106 Å². The summed E-state index contributed by atoms with van der Waals surface area (Å²) in [6.07, 6.45) is 5.24. The number of amides is 3. The predicted molar refractivity (Wildman–Crippen MR) is 207 cm³/mol. The summed E-state index contributed by atoms with van der Waals surface area (Å²) in [6.45, 7) is 9.90. The zero-order valence-corrected chi connectivity index (χ0v) is 32.4. The van der Waals surface area contributed by atoms with E-state index in [1.54, 1.807) is 50.3 Å². The van der Waals surface area contributed by atoms with E-state index >= 15 is 0 Å². The van der Waals surface area contributed by atoms with Crippen LogP contribution in [-0.2, 0) is 22.4 Å². The summed E-state index contributed by atoms with van der Waals surface area (Å²) >= 11 is 1.58. The standard InChI is InChI=1S/C42H46N4O7S/c1-23-17-26(22-43-40(50)53-41(3,4)5)18-24(2)34(23)45-37(47)30-19-31-33(52-15-11-27-12-16-54-36(27)31)20-29(30)28-7-8-32(44-35(28)39(49)51-6)38(48)46-42-13-9-25(21-42)10-14-42/h7-8,12,16-20,25H,9-11,13-15,21-22H2,1-6H3,(H,43,50)(H,45,47)(H,46,48). The molecule has 54 heavy (non-hydrogen) atoms. The largest absolute Gasteiger partial charge is 0.493 e. The van der Waals surface area contributed by atoms with Crippen molar-refractivity contribution in [3.05, 3.63) is 87.0 Å². The summed E-state index contributed by atoms with van der Waals surface area (Å²) in [6, 6.07) is 12.7. The number of thiophene rings is 1. The molecule has 2 aromatic heterocycles. The molecule has 2 saturated carbocycles. The fraction of sp³-hybridized carbons (Fsp3) is 0.405. The molecule has 2 aromatic carbocycles. The number of nitrogens with zero attached hydrogens (tertiary/aromatic N) is 1. The Kier molecular flexibility index (Phi) is 9.99. The maximum Gasteiger partial charge on any atom is 0.407 e. The van der Waals surface area contributed by atoms with E-state index in [2.05, 4.69) is 27.0 Å². The van der Waals surface area contributed by atoms with E-state index in [4.69, 9.17) is 14.2 Å². The molecule has 0 spiro atoms. The molecule has 1 aliphatic heterocycles. The van der Waals surface area contributed by atoms with E-state index in [9.17, 15) is 19.2 Å². The number of fused-ring (bicyclic) bond motifs is 5. The fourth-order valence-corrected chi connectivity index (χ4v) is 9.05. The smallest absolute Gasteiger partial charge is 0.407 e. The molecule has 2 fully saturated rings. The van der Waals surface area contributed by atoms with Gasteiger partial charge in [-0.2, -0.15) is 0 Å². The molecule has 12 heteroatoms. The number of carbonyl (C=O) groups is 4. The molecule has 0 unspecified atom stereocenters. The Morgan fingerprint density at radius 3 is 2.37 bits per heavy atom. The van der Waals surface area contributed by atoms with Crippen LogP contribution in [0.5, 0.6) is 5.75 Å². The molecule has 4 aromatic rings. The van der Waals surface area contributed by atoms with Crippen LogP contribution >= 0.6 is 11.3 Å². The van der Waals surface area contributed by atoms with Crippen molar-refractivity contribution >= 4 is 40.9 Å². The average Bonchev–Trinajstić information content (AvgIpc) is 3.85. The summed E-state index contributed by atoms with van der Waals surface area (Å²) in [4.78, 5) is 59.4. The van der Waals surface area contributed by atoms with Crippen LogP contribution in [-0.4, -0.2) is 53.7 Å². The predicted octanol–water partition coefficient (Wildman–Crippen LogP) is 8.15. The van der Waals surface area contributed by atoms with Crippen molar-refractivity contribution in [3.8, 4) is 27.3 Å². The number of aryl methyl sites for hydroxylation is 2. The summed E-state index contributed by atoms with van der Waals surface area (Å²) in [7, 11) is 1.26. The Labute approximate surface area is 319 Å². The Morgan fingerprint density at radius 2 is 1.70 bits per heavy atom. The SMILES string of the molecule is COC(=O)c1nc(C(=O)NC23CCC(CC2)C3)ccc1-c1cc2c(cc1C(=O)Nc1c(C)cc(CNC(=O)OC(C)(C)C)cc1C)-c1sccc1CCO2. The van der Waals surface area contributed by atoms with Gasteiger partial charge >= 0.3 is 12.1 Å². The van der Waals surface area contributed by atoms with E-state index in [0.717, 1.165) is 64.8 Å². The van der Waals surface area contributed by atoms with Gasteiger partial charge in [-0.1, -0.05) is 12.1 Å². The number of pyridine rings is 1. The van der Waals surface area contributed by atoms with Crippen molar-refractivity contribution < 1.29 is 33.4 Å². The molecule has 0 saturated heterocycles. The Morgan fingerprint density at radius 1 is 0.963 bits per heavy atom. The first kappa shape index (κ1) is 37.1. The zero-order chi connectivity index (χ0) is 38.4. The molecule has 3 aliphatic rings. The van der Waals surface area contributed by atoms with E-state index in [0.29, 0.717) is 47.1 Å². The van der Waals surface area contributed by atoms with Gasteiger partial charge in [-0.3, -0.25) is 9.59 Å². The van der Waals surface area contributed by atoms with E-state index in [-0.39, 0.29) is 29.4 Å². The van der Waals surface area contributed by atoms with Crippen molar-refractivity contribution in [2.45, 2.75) is 90.8 Å². The molecule has 0 atom stereocenters. The first-order valence-corrected chi connectivity index (χ1v) is 19.3. The molecular formula is C42H46N4O7S. The average molecular weight is 751 g/mol. The molecule has 282 valence electrons. The number of methoxy groups -OCH3 is 1. The molecule has 3 amide bonds. The second-order valence-electron chi connectivity index (χ2n) is 15.6. The van der Waals surface area contributed by atoms with Crippen LogP contribution in [0.3, 0.4) is 0 Å². The summed E-state index contributed by atoms with van der Waals surface area (Å²) in [5.41, 5.74) is 5.19. The van der Waals surface area contributed by atoms with Crippen molar-refractivity contribution in [1.82, 2.24) is 15.6 Å². The lowest BCUT2D eigenvalue weighted by molar-refractivity contribution is 0.0521. The van der Waals surface area contributed by atoms with E-state index in [1.807, 2.05) is 37.4 Å². The van der Waals surface area contributed by atoms with Gasteiger partial charge in [0.15, 0.2) is 5.69 Å². The Hall–Kier alpha value is -5.23. The third-order valence-electron chi connectivity index (χ3n) is 10.6. The number of esters is 1. The minimum absolute atomic E-state index is 0.0768. The van der Waals surface area contributed by atoms with Gasteiger partial charge in [-0.05, 0) is 131 Å². The number of nitrogens with one attached hydrogen (secondary N) is 3. The van der Waals surface area contributed by atoms with Crippen LogP contribution in [0.2, 0.25) is 0 Å². The summed E-state index contributed by atoms with van der Waals surface area (Å²) in [5, 5.41) is 11.2. The highest BCUT2D eigenvalue weighted by molar-refractivity contribution is 7.13.